The van der Waals surface area contributed by atoms with Crippen LogP contribution in [0.1, 0.15) is 72.2 Å². The maximum absolute atomic E-state index is 14.9. The molecule has 5 atom stereocenters. The van der Waals surface area contributed by atoms with Crippen LogP contribution in [0.2, 0.25) is 0 Å². The summed E-state index contributed by atoms with van der Waals surface area (Å²) in [6.07, 6.45) is 5.58. The smallest absolute Gasteiger partial charge is 0.308 e. The second-order valence-corrected chi connectivity index (χ2v) is 22.2. The number of amides is 3. The van der Waals surface area contributed by atoms with Gasteiger partial charge in [0.2, 0.25) is 17.7 Å². The van der Waals surface area contributed by atoms with Crippen LogP contribution in [0, 0.1) is 5.92 Å². The minimum absolute atomic E-state index is 0.00770. The number of benzene rings is 6. The molecule has 0 bridgehead atoms. The van der Waals surface area contributed by atoms with Gasteiger partial charge >= 0.3 is 5.97 Å². The Balaban J connectivity index is 1.12. The van der Waals surface area contributed by atoms with E-state index in [1.807, 2.05) is 129 Å². The lowest BCUT2D eigenvalue weighted by atomic mass is 9.84. The van der Waals surface area contributed by atoms with Crippen molar-refractivity contribution in [3.05, 3.63) is 258 Å². The Morgan fingerprint density at radius 1 is 0.633 bits per heavy atom. The van der Waals surface area contributed by atoms with Gasteiger partial charge in [-0.3, -0.25) is 19.2 Å². The summed E-state index contributed by atoms with van der Waals surface area (Å²) in [4.78, 5) is 61.0. The number of aryl methyl sites for hydroxylation is 1. The SMILES string of the molecule is C=CCOC(=O)C[C@H](O)[C@H](NC(=O)[C@@H](CSC(c1ccccc1)(c1ccccc1)c1ccccc1)NC(=O)[C@@H](Cc1cn(C)cn1)NC(=O)C[C@H](O)/C=C/CCSC(c1ccccc1)(c1ccccc1)c1ccccc1)C(C)C. The Morgan fingerprint density at radius 2 is 1.08 bits per heavy atom. The molecule has 6 aromatic carbocycles. The fourth-order valence-corrected chi connectivity index (χ4v) is 12.7. The molecule has 7 rings (SSSR count). The van der Waals surface area contributed by atoms with E-state index in [0.717, 1.165) is 33.4 Å². The van der Waals surface area contributed by atoms with Crippen molar-refractivity contribution in [1.29, 1.82) is 0 Å². The number of allylic oxidation sites excluding steroid dienone is 1. The van der Waals surface area contributed by atoms with E-state index >= 15 is 0 Å². The third kappa shape index (κ3) is 15.8. The number of aliphatic hydroxyl groups is 2. The van der Waals surface area contributed by atoms with E-state index in [0.29, 0.717) is 17.9 Å². The number of rotatable bonds is 29. The van der Waals surface area contributed by atoms with Crippen LogP contribution >= 0.6 is 23.5 Å². The van der Waals surface area contributed by atoms with Crippen LogP contribution in [0.4, 0.5) is 0 Å². The molecule has 1 aromatic heterocycles. The molecule has 410 valence electrons. The minimum Gasteiger partial charge on any atom is -0.461 e. The number of thioether (sulfide) groups is 2. The molecule has 79 heavy (non-hydrogen) atoms. The molecular weight excluding hydrogens is 1030 g/mol. The van der Waals surface area contributed by atoms with E-state index in [1.165, 1.54) is 17.8 Å². The zero-order valence-corrected chi connectivity index (χ0v) is 46.6. The highest BCUT2D eigenvalue weighted by molar-refractivity contribution is 8.00. The normalized spacial score (nSPS) is 13.6. The molecule has 0 aliphatic carbocycles. The van der Waals surface area contributed by atoms with Crippen molar-refractivity contribution in [2.24, 2.45) is 13.0 Å². The zero-order valence-electron chi connectivity index (χ0n) is 45.0. The lowest BCUT2D eigenvalue weighted by Gasteiger charge is -2.37. The number of imidazole rings is 1. The van der Waals surface area contributed by atoms with Crippen LogP contribution in [-0.2, 0) is 46.9 Å². The Bertz CT molecular complexity index is 2840. The molecule has 0 saturated heterocycles. The first kappa shape index (κ1) is 59.2. The highest BCUT2D eigenvalue weighted by atomic mass is 32.2. The van der Waals surface area contributed by atoms with Crippen LogP contribution in [0.5, 0.6) is 0 Å². The number of hydrogen-bond donors (Lipinski definition) is 5. The zero-order chi connectivity index (χ0) is 56.0. The number of nitrogens with zero attached hydrogens (tertiary/aromatic N) is 2. The van der Waals surface area contributed by atoms with Crippen molar-refractivity contribution in [1.82, 2.24) is 25.5 Å². The van der Waals surface area contributed by atoms with Gasteiger partial charge in [0.25, 0.3) is 0 Å². The largest absolute Gasteiger partial charge is 0.461 e. The molecule has 14 heteroatoms. The van der Waals surface area contributed by atoms with E-state index in [-0.39, 0.29) is 31.1 Å². The van der Waals surface area contributed by atoms with Crippen molar-refractivity contribution in [3.8, 4) is 0 Å². The van der Waals surface area contributed by atoms with Gasteiger partial charge in [0.05, 0.1) is 52.6 Å². The Morgan fingerprint density at radius 3 is 1.49 bits per heavy atom. The van der Waals surface area contributed by atoms with Crippen LogP contribution in [0.25, 0.3) is 0 Å². The Hall–Kier alpha value is -7.49. The van der Waals surface area contributed by atoms with Crippen LogP contribution in [0.15, 0.2) is 219 Å². The van der Waals surface area contributed by atoms with Crippen molar-refractivity contribution in [3.63, 3.8) is 0 Å². The molecule has 5 N–H and O–H groups in total. The first-order valence-corrected chi connectivity index (χ1v) is 28.6. The van der Waals surface area contributed by atoms with Crippen molar-refractivity contribution in [2.75, 3.05) is 18.1 Å². The third-order valence-electron chi connectivity index (χ3n) is 13.5. The molecule has 0 unspecified atom stereocenters. The van der Waals surface area contributed by atoms with Crippen LogP contribution < -0.4 is 16.0 Å². The number of nitrogens with one attached hydrogen (secondary N) is 3. The van der Waals surface area contributed by atoms with Crippen LogP contribution in [0.3, 0.4) is 0 Å². The molecule has 0 radical (unpaired) electrons. The number of aromatic nitrogens is 2. The number of carbonyl (C=O) groups is 4. The van der Waals surface area contributed by atoms with E-state index in [4.69, 9.17) is 4.74 Å². The van der Waals surface area contributed by atoms with E-state index in [2.05, 4.69) is 100 Å². The van der Waals surface area contributed by atoms with Crippen molar-refractivity contribution in [2.45, 2.75) is 79.4 Å². The first-order chi connectivity index (χ1) is 38.3. The van der Waals surface area contributed by atoms with Gasteiger partial charge < -0.3 is 35.5 Å². The third-order valence-corrected chi connectivity index (χ3v) is 16.8. The minimum atomic E-state index is -1.33. The maximum Gasteiger partial charge on any atom is 0.308 e. The average Bonchev–Trinajstić information content (AvgIpc) is 3.96. The topological polar surface area (TPSA) is 172 Å². The summed E-state index contributed by atoms with van der Waals surface area (Å²) in [7, 11) is 1.80. The van der Waals surface area contributed by atoms with E-state index in [1.54, 1.807) is 42.0 Å². The second-order valence-electron chi connectivity index (χ2n) is 19.6. The second kappa shape index (κ2) is 29.5. The van der Waals surface area contributed by atoms with Gasteiger partial charge in [0, 0.05) is 25.4 Å². The molecule has 0 aliphatic heterocycles. The van der Waals surface area contributed by atoms with Crippen molar-refractivity contribution < 1.29 is 34.1 Å². The molecular formula is C65H71N5O7S2. The summed E-state index contributed by atoms with van der Waals surface area (Å²) >= 11 is 3.25. The maximum atomic E-state index is 14.9. The average molecular weight is 1100 g/mol. The van der Waals surface area contributed by atoms with Crippen molar-refractivity contribution >= 4 is 47.2 Å². The fourth-order valence-electron chi connectivity index (χ4n) is 9.72. The standard InChI is InChI=1S/C65H71N5O7S2/c1-5-39-77-60(74)43-58(72)61(47(2)3)69-63(76)57(45-79-65(51-32-18-9-19-33-51,52-34-20-10-21-35-52)53-36-22-11-23-37-53)68-62(75)56(41-54-44-70(4)46-66-54)67-59(73)42-55(71)38-24-25-40-78-64(48-26-12-6-13-27-48,49-28-14-7-15-29-49)50-30-16-8-17-31-50/h5-24,26-38,44,46-47,55-58,61,71-72H,1,25,39-43,45H2,2-4H3,(H,67,73)(H,68,75)(H,69,76)/b38-24+/t55-,56-,57-,58+,61-/m1/s1. The lowest BCUT2D eigenvalue weighted by Crippen LogP contribution is -2.58. The van der Waals surface area contributed by atoms with Gasteiger partial charge in [-0.1, -0.05) is 221 Å². The summed E-state index contributed by atoms with van der Waals surface area (Å²) < 4.78 is 5.49. The van der Waals surface area contributed by atoms with Gasteiger partial charge in [-0.2, -0.15) is 0 Å². The lowest BCUT2D eigenvalue weighted by molar-refractivity contribution is -0.145. The molecule has 0 aliphatic rings. The number of ether oxygens (including phenoxy) is 1. The van der Waals surface area contributed by atoms with Crippen LogP contribution in [-0.4, -0.2) is 91.9 Å². The molecule has 0 spiro atoms. The monoisotopic (exact) mass is 1100 g/mol. The highest BCUT2D eigenvalue weighted by Gasteiger charge is 2.41. The Kier molecular flexibility index (Phi) is 22.1. The van der Waals surface area contributed by atoms with Gasteiger partial charge in [0.15, 0.2) is 0 Å². The summed E-state index contributed by atoms with van der Waals surface area (Å²) in [6.45, 7) is 7.17. The quantitative estimate of drug-likeness (QED) is 0.0132. The molecule has 1 heterocycles. The van der Waals surface area contributed by atoms with Gasteiger partial charge in [0.1, 0.15) is 18.7 Å². The van der Waals surface area contributed by atoms with E-state index < -0.39 is 69.9 Å². The van der Waals surface area contributed by atoms with Gasteiger partial charge in [-0.25, -0.2) is 4.98 Å². The molecule has 0 fully saturated rings. The predicted octanol–water partition coefficient (Wildman–Crippen LogP) is 9.70. The molecule has 3 amide bonds. The number of hydrogen-bond acceptors (Lipinski definition) is 10. The van der Waals surface area contributed by atoms with Gasteiger partial charge in [-0.05, 0) is 51.5 Å². The molecule has 0 saturated carbocycles. The molecule has 7 aromatic rings. The van der Waals surface area contributed by atoms with E-state index in [9.17, 15) is 29.4 Å². The Labute approximate surface area is 473 Å². The fraction of sp³-hybridized carbons (Fsp3) is 0.277. The number of esters is 1. The summed E-state index contributed by atoms with van der Waals surface area (Å²) in [5.74, 6) is -2.18. The highest BCUT2D eigenvalue weighted by Crippen LogP contribution is 2.50. The predicted molar refractivity (Wildman–Crippen MR) is 317 cm³/mol. The first-order valence-electron chi connectivity index (χ1n) is 26.6. The summed E-state index contributed by atoms with van der Waals surface area (Å²) in [6, 6.07) is 57.6. The number of aliphatic hydroxyl groups excluding tert-OH is 2. The summed E-state index contributed by atoms with van der Waals surface area (Å²) in [5.41, 5.74) is 6.74. The van der Waals surface area contributed by atoms with Gasteiger partial charge in [-0.15, -0.1) is 23.5 Å². The number of carbonyl (C=O) groups excluding carboxylic acids is 4. The molecule has 12 nitrogen and oxygen atoms in total. The summed E-state index contributed by atoms with van der Waals surface area (Å²) in [5, 5.41) is 31.5.